The van der Waals surface area contributed by atoms with Gasteiger partial charge in [0.15, 0.2) is 0 Å². The van der Waals surface area contributed by atoms with Gasteiger partial charge in [-0.25, -0.2) is 0 Å². The topological polar surface area (TPSA) is 101 Å². The summed E-state index contributed by atoms with van der Waals surface area (Å²) in [5.74, 6) is -0.481. The van der Waals surface area contributed by atoms with Gasteiger partial charge in [0.25, 0.3) is 5.91 Å². The number of nitrogens with two attached hydrogens (primary N) is 2. The molecule has 108 valence electrons. The van der Waals surface area contributed by atoms with Crippen LogP contribution in [-0.4, -0.2) is 30.9 Å². The quantitative estimate of drug-likeness (QED) is 0.698. The minimum atomic E-state index is -0.476. The Balaban J connectivity index is 2.11. The van der Waals surface area contributed by atoms with E-state index < -0.39 is 5.91 Å². The number of nitrogen functional groups attached to an aromatic ring is 1. The van der Waals surface area contributed by atoms with Crippen molar-refractivity contribution in [3.05, 3.63) is 23.8 Å². The maximum absolute atomic E-state index is 11.5. The van der Waals surface area contributed by atoms with Crippen LogP contribution >= 0.6 is 0 Å². The second kappa shape index (κ2) is 5.81. The monoisotopic (exact) mass is 276 g/mol. The van der Waals surface area contributed by atoms with Crippen molar-refractivity contribution in [3.63, 3.8) is 0 Å². The summed E-state index contributed by atoms with van der Waals surface area (Å²) in [6.45, 7) is 3.07. The van der Waals surface area contributed by atoms with E-state index in [2.05, 4.69) is 10.2 Å². The molecule has 2 rings (SSSR count). The Morgan fingerprint density at radius 1 is 1.30 bits per heavy atom. The van der Waals surface area contributed by atoms with Crippen molar-refractivity contribution in [1.29, 1.82) is 0 Å². The first-order chi connectivity index (χ1) is 9.47. The molecule has 6 heteroatoms. The Bertz CT molecular complexity index is 522. The van der Waals surface area contributed by atoms with Gasteiger partial charge in [-0.15, -0.1) is 0 Å². The average molecular weight is 276 g/mol. The van der Waals surface area contributed by atoms with Gasteiger partial charge >= 0.3 is 0 Å². The smallest absolute Gasteiger partial charge is 0.250 e. The van der Waals surface area contributed by atoms with Crippen molar-refractivity contribution in [1.82, 2.24) is 5.32 Å². The Labute approximate surface area is 118 Å². The molecule has 1 aromatic carbocycles. The van der Waals surface area contributed by atoms with Gasteiger partial charge in [-0.2, -0.15) is 0 Å². The number of anilines is 2. The molecule has 0 saturated carbocycles. The molecule has 0 aliphatic carbocycles. The Morgan fingerprint density at radius 2 is 1.95 bits per heavy atom. The molecule has 1 aliphatic heterocycles. The van der Waals surface area contributed by atoms with E-state index in [4.69, 9.17) is 11.5 Å². The van der Waals surface area contributed by atoms with Gasteiger partial charge in [-0.3, -0.25) is 9.59 Å². The van der Waals surface area contributed by atoms with Gasteiger partial charge < -0.3 is 21.7 Å². The summed E-state index contributed by atoms with van der Waals surface area (Å²) < 4.78 is 0. The van der Waals surface area contributed by atoms with E-state index in [0.717, 1.165) is 31.6 Å². The molecule has 0 radical (unpaired) electrons. The molecule has 5 N–H and O–H groups in total. The number of carbonyl (C=O) groups is 2. The van der Waals surface area contributed by atoms with Gasteiger partial charge in [0, 0.05) is 37.4 Å². The molecule has 0 aromatic heterocycles. The van der Waals surface area contributed by atoms with Crippen LogP contribution in [0, 0.1) is 0 Å². The van der Waals surface area contributed by atoms with E-state index in [1.807, 2.05) is 6.07 Å². The summed E-state index contributed by atoms with van der Waals surface area (Å²) in [4.78, 5) is 24.7. The molecule has 0 atom stereocenters. The number of benzene rings is 1. The zero-order valence-electron chi connectivity index (χ0n) is 11.6. The van der Waals surface area contributed by atoms with Crippen molar-refractivity contribution in [3.8, 4) is 0 Å². The summed E-state index contributed by atoms with van der Waals surface area (Å²) >= 11 is 0. The zero-order chi connectivity index (χ0) is 14.7. The lowest BCUT2D eigenvalue weighted by atomic mass is 10.0. The van der Waals surface area contributed by atoms with Crippen molar-refractivity contribution < 1.29 is 9.59 Å². The van der Waals surface area contributed by atoms with Gasteiger partial charge in [-0.1, -0.05) is 0 Å². The van der Waals surface area contributed by atoms with E-state index in [1.54, 1.807) is 12.1 Å². The molecule has 1 aliphatic rings. The molecule has 1 saturated heterocycles. The lowest BCUT2D eigenvalue weighted by Crippen LogP contribution is -2.44. The van der Waals surface area contributed by atoms with Gasteiger partial charge in [0.2, 0.25) is 5.91 Å². The summed E-state index contributed by atoms with van der Waals surface area (Å²) in [5.41, 5.74) is 12.9. The molecular weight excluding hydrogens is 256 g/mol. The normalized spacial score (nSPS) is 15.9. The maximum Gasteiger partial charge on any atom is 0.250 e. The highest BCUT2D eigenvalue weighted by molar-refractivity contribution is 5.99. The first-order valence-corrected chi connectivity index (χ1v) is 6.68. The molecule has 20 heavy (non-hydrogen) atoms. The van der Waals surface area contributed by atoms with E-state index in [9.17, 15) is 9.59 Å². The molecule has 0 spiro atoms. The first kappa shape index (κ1) is 14.2. The summed E-state index contributed by atoms with van der Waals surface area (Å²) in [6.07, 6.45) is 1.70. The fourth-order valence-electron chi connectivity index (χ4n) is 2.58. The van der Waals surface area contributed by atoms with Crippen molar-refractivity contribution in [2.45, 2.75) is 25.8 Å². The van der Waals surface area contributed by atoms with Crippen LogP contribution in [0.15, 0.2) is 18.2 Å². The van der Waals surface area contributed by atoms with Gasteiger partial charge in [0.1, 0.15) is 0 Å². The molecule has 1 aromatic rings. The third-order valence-electron chi connectivity index (χ3n) is 3.53. The lowest BCUT2D eigenvalue weighted by Gasteiger charge is -2.34. The fraction of sp³-hybridized carbons (Fsp3) is 0.429. The van der Waals surface area contributed by atoms with Crippen LogP contribution in [0.1, 0.15) is 30.1 Å². The van der Waals surface area contributed by atoms with Crippen LogP contribution < -0.4 is 21.7 Å². The predicted molar refractivity (Wildman–Crippen MR) is 78.4 cm³/mol. The molecule has 0 unspecified atom stereocenters. The highest BCUT2D eigenvalue weighted by Gasteiger charge is 2.22. The standard InChI is InChI=1S/C14H20N4O2/c1-9(19)17-11-4-6-18(7-5-11)13-3-2-10(15)8-12(13)14(16)20/h2-3,8,11H,4-7,15H2,1H3,(H2,16,20)(H,17,19). The number of primary amides is 1. The Kier molecular flexibility index (Phi) is 4.12. The van der Waals surface area contributed by atoms with Crippen molar-refractivity contribution >= 4 is 23.2 Å². The number of rotatable bonds is 3. The maximum atomic E-state index is 11.5. The number of hydrogen-bond donors (Lipinski definition) is 3. The lowest BCUT2D eigenvalue weighted by molar-refractivity contribution is -0.119. The van der Waals surface area contributed by atoms with Crippen LogP contribution in [0.5, 0.6) is 0 Å². The van der Waals surface area contributed by atoms with E-state index in [0.29, 0.717) is 11.3 Å². The van der Waals surface area contributed by atoms with E-state index in [1.165, 1.54) is 6.92 Å². The van der Waals surface area contributed by atoms with Gasteiger partial charge in [-0.05, 0) is 31.0 Å². The van der Waals surface area contributed by atoms with Crippen LogP contribution in [0.3, 0.4) is 0 Å². The second-order valence-corrected chi connectivity index (χ2v) is 5.10. The third kappa shape index (κ3) is 3.20. The van der Waals surface area contributed by atoms with Gasteiger partial charge in [0.05, 0.1) is 5.56 Å². The summed E-state index contributed by atoms with van der Waals surface area (Å²) in [7, 11) is 0. The number of amides is 2. The number of hydrogen-bond acceptors (Lipinski definition) is 4. The number of piperidine rings is 1. The number of carbonyl (C=O) groups excluding carboxylic acids is 2. The highest BCUT2D eigenvalue weighted by Crippen LogP contribution is 2.26. The minimum Gasteiger partial charge on any atom is -0.399 e. The molecule has 2 amide bonds. The number of nitrogens with one attached hydrogen (secondary N) is 1. The predicted octanol–water partition coefficient (Wildman–Crippen LogP) is 0.473. The van der Waals surface area contributed by atoms with Crippen molar-refractivity contribution in [2.24, 2.45) is 5.73 Å². The number of nitrogens with zero attached hydrogens (tertiary/aromatic N) is 1. The molecule has 0 bridgehead atoms. The Morgan fingerprint density at radius 3 is 2.50 bits per heavy atom. The average Bonchev–Trinajstić information content (AvgIpc) is 2.39. The highest BCUT2D eigenvalue weighted by atomic mass is 16.1. The molecule has 6 nitrogen and oxygen atoms in total. The summed E-state index contributed by atoms with van der Waals surface area (Å²) in [5, 5.41) is 2.92. The SMILES string of the molecule is CC(=O)NC1CCN(c2ccc(N)cc2C(N)=O)CC1. The van der Waals surface area contributed by atoms with Crippen LogP contribution in [-0.2, 0) is 4.79 Å². The molecular formula is C14H20N4O2. The summed E-state index contributed by atoms with van der Waals surface area (Å²) in [6, 6.07) is 5.41. The van der Waals surface area contributed by atoms with Crippen LogP contribution in [0.4, 0.5) is 11.4 Å². The first-order valence-electron chi connectivity index (χ1n) is 6.68. The van der Waals surface area contributed by atoms with E-state index in [-0.39, 0.29) is 11.9 Å². The van der Waals surface area contributed by atoms with E-state index >= 15 is 0 Å². The zero-order valence-corrected chi connectivity index (χ0v) is 11.6. The van der Waals surface area contributed by atoms with Crippen LogP contribution in [0.25, 0.3) is 0 Å². The molecule has 1 heterocycles. The second-order valence-electron chi connectivity index (χ2n) is 5.10. The molecule has 1 fully saturated rings. The third-order valence-corrected chi connectivity index (χ3v) is 3.53. The Hall–Kier alpha value is -2.24. The fourth-order valence-corrected chi connectivity index (χ4v) is 2.58. The minimum absolute atomic E-state index is 0.00578. The largest absolute Gasteiger partial charge is 0.399 e. The van der Waals surface area contributed by atoms with Crippen LogP contribution in [0.2, 0.25) is 0 Å². The van der Waals surface area contributed by atoms with Crippen molar-refractivity contribution in [2.75, 3.05) is 23.7 Å².